The van der Waals surface area contributed by atoms with Gasteiger partial charge < -0.3 is 5.32 Å². The van der Waals surface area contributed by atoms with Crippen molar-refractivity contribution >= 4 is 5.91 Å². The molecule has 0 aliphatic heterocycles. The van der Waals surface area contributed by atoms with Crippen molar-refractivity contribution in [3.05, 3.63) is 64.2 Å². The first-order valence-corrected chi connectivity index (χ1v) is 8.59. The topological polar surface area (TPSA) is 75.6 Å². The molecule has 2 N–H and O–H groups in total. The minimum Gasteiger partial charge on any atom is -0.346 e. The fraction of sp³-hybridized carbons (Fsp3) is 0.316. The van der Waals surface area contributed by atoms with Gasteiger partial charge in [0.25, 0.3) is 5.91 Å². The van der Waals surface area contributed by atoms with E-state index in [2.05, 4.69) is 20.6 Å². The second-order valence-electron chi connectivity index (χ2n) is 6.55. The summed E-state index contributed by atoms with van der Waals surface area (Å²) in [6.07, 6.45) is 3.27. The van der Waals surface area contributed by atoms with E-state index in [0.717, 1.165) is 35.6 Å². The zero-order valence-corrected chi connectivity index (χ0v) is 14.5. The van der Waals surface area contributed by atoms with Gasteiger partial charge in [-0.1, -0.05) is 0 Å². The molecule has 0 atom stereocenters. The van der Waals surface area contributed by atoms with E-state index in [1.54, 1.807) is 0 Å². The summed E-state index contributed by atoms with van der Waals surface area (Å²) < 4.78 is 1.88. The largest absolute Gasteiger partial charge is 0.346 e. The van der Waals surface area contributed by atoms with Crippen molar-refractivity contribution in [2.45, 2.75) is 39.7 Å². The second-order valence-corrected chi connectivity index (χ2v) is 6.55. The van der Waals surface area contributed by atoms with Crippen LogP contribution in [0.2, 0.25) is 0 Å². The maximum atomic E-state index is 12.4. The lowest BCUT2D eigenvalue weighted by Crippen LogP contribution is -2.23. The quantitative estimate of drug-likeness (QED) is 0.769. The molecule has 0 saturated carbocycles. The molecular weight excluding hydrogens is 314 g/mol. The Labute approximate surface area is 146 Å². The van der Waals surface area contributed by atoms with E-state index in [4.69, 9.17) is 0 Å². The van der Waals surface area contributed by atoms with Gasteiger partial charge in [-0.25, -0.2) is 4.68 Å². The minimum absolute atomic E-state index is 0.0883. The Kier molecular flexibility index (Phi) is 3.87. The number of benzene rings is 1. The van der Waals surface area contributed by atoms with Crippen LogP contribution in [-0.2, 0) is 19.4 Å². The van der Waals surface area contributed by atoms with Crippen LogP contribution in [0.3, 0.4) is 0 Å². The summed E-state index contributed by atoms with van der Waals surface area (Å²) in [5.41, 5.74) is 7.09. The van der Waals surface area contributed by atoms with Crippen LogP contribution >= 0.6 is 0 Å². The van der Waals surface area contributed by atoms with E-state index in [-0.39, 0.29) is 5.91 Å². The lowest BCUT2D eigenvalue weighted by atomic mass is 10.1. The number of carbonyl (C=O) groups is 1. The normalized spacial score (nSPS) is 13.0. The molecule has 4 rings (SSSR count). The molecule has 3 aromatic rings. The third-order valence-corrected chi connectivity index (χ3v) is 4.69. The molecule has 0 saturated heterocycles. The van der Waals surface area contributed by atoms with Crippen LogP contribution in [0.5, 0.6) is 0 Å². The summed E-state index contributed by atoms with van der Waals surface area (Å²) in [7, 11) is 0. The van der Waals surface area contributed by atoms with Crippen molar-refractivity contribution < 1.29 is 4.79 Å². The number of aryl methyl sites for hydroxylation is 3. The van der Waals surface area contributed by atoms with Gasteiger partial charge in [-0.3, -0.25) is 9.89 Å². The van der Waals surface area contributed by atoms with Crippen molar-refractivity contribution in [2.75, 3.05) is 0 Å². The van der Waals surface area contributed by atoms with Gasteiger partial charge in [0.15, 0.2) is 0 Å². The maximum Gasteiger partial charge on any atom is 0.251 e. The number of aromatic amines is 1. The van der Waals surface area contributed by atoms with E-state index in [0.29, 0.717) is 12.1 Å². The molecule has 0 radical (unpaired) electrons. The minimum atomic E-state index is -0.0883. The van der Waals surface area contributed by atoms with Gasteiger partial charge in [0, 0.05) is 17.0 Å². The number of hydrogen-bond donors (Lipinski definition) is 2. The average Bonchev–Trinajstić information content (AvgIpc) is 3.29. The fourth-order valence-corrected chi connectivity index (χ4v) is 3.44. The first-order valence-electron chi connectivity index (χ1n) is 8.59. The number of hydrogen-bond acceptors (Lipinski definition) is 3. The number of nitrogens with zero attached hydrogens (tertiary/aromatic N) is 3. The average molecular weight is 335 g/mol. The third kappa shape index (κ3) is 2.95. The number of rotatable bonds is 4. The lowest BCUT2D eigenvalue weighted by Gasteiger charge is -2.07. The van der Waals surface area contributed by atoms with Crippen molar-refractivity contribution in [1.29, 1.82) is 0 Å². The highest BCUT2D eigenvalue weighted by Gasteiger charge is 2.18. The number of nitrogens with one attached hydrogen (secondary N) is 2. The van der Waals surface area contributed by atoms with E-state index in [1.807, 2.05) is 48.9 Å². The Morgan fingerprint density at radius 2 is 2.04 bits per heavy atom. The SMILES string of the molecule is Cc1cc(C)n(-c2ccc(C(=O)NCc3n[nH]c4c3CCC4)cc2)n1. The molecule has 1 aliphatic carbocycles. The van der Waals surface area contributed by atoms with Gasteiger partial charge in [0.2, 0.25) is 0 Å². The highest BCUT2D eigenvalue weighted by molar-refractivity contribution is 5.94. The van der Waals surface area contributed by atoms with Crippen LogP contribution < -0.4 is 5.32 Å². The van der Waals surface area contributed by atoms with E-state index >= 15 is 0 Å². The molecule has 1 aliphatic rings. The van der Waals surface area contributed by atoms with Crippen LogP contribution in [0.15, 0.2) is 30.3 Å². The maximum absolute atomic E-state index is 12.4. The molecule has 6 heteroatoms. The van der Waals surface area contributed by atoms with Crippen LogP contribution in [-0.4, -0.2) is 25.9 Å². The van der Waals surface area contributed by atoms with Crippen LogP contribution in [0, 0.1) is 13.8 Å². The number of aromatic nitrogens is 4. The van der Waals surface area contributed by atoms with Crippen LogP contribution in [0.25, 0.3) is 5.69 Å². The van der Waals surface area contributed by atoms with Crippen molar-refractivity contribution in [1.82, 2.24) is 25.3 Å². The monoisotopic (exact) mass is 335 g/mol. The van der Waals surface area contributed by atoms with E-state index in [1.165, 1.54) is 17.7 Å². The number of H-pyrrole nitrogens is 1. The molecule has 6 nitrogen and oxygen atoms in total. The summed E-state index contributed by atoms with van der Waals surface area (Å²) in [6.45, 7) is 4.45. The Bertz CT molecular complexity index is 920. The van der Waals surface area contributed by atoms with Gasteiger partial charge in [-0.15, -0.1) is 0 Å². The first kappa shape index (κ1) is 15.6. The molecular formula is C19H21N5O. The number of carbonyl (C=O) groups excluding carboxylic acids is 1. The van der Waals surface area contributed by atoms with E-state index in [9.17, 15) is 4.79 Å². The highest BCUT2D eigenvalue weighted by atomic mass is 16.1. The molecule has 2 heterocycles. The van der Waals surface area contributed by atoms with Gasteiger partial charge in [0.1, 0.15) is 0 Å². The summed E-state index contributed by atoms with van der Waals surface area (Å²) in [6, 6.07) is 9.52. The second kappa shape index (κ2) is 6.20. The summed E-state index contributed by atoms with van der Waals surface area (Å²) >= 11 is 0. The summed E-state index contributed by atoms with van der Waals surface area (Å²) in [4.78, 5) is 12.4. The standard InChI is InChI=1S/C19H21N5O/c1-12-10-13(2)24(23-12)15-8-6-14(7-9-15)19(25)20-11-18-16-4-3-5-17(16)21-22-18/h6-10H,3-5,11H2,1-2H3,(H,20,25)(H,21,22). The molecule has 1 amide bonds. The summed E-state index contributed by atoms with van der Waals surface area (Å²) in [5.74, 6) is -0.0883. The van der Waals surface area contributed by atoms with E-state index < -0.39 is 0 Å². The number of amides is 1. The molecule has 128 valence electrons. The molecule has 2 aromatic heterocycles. The molecule has 0 spiro atoms. The molecule has 1 aromatic carbocycles. The lowest BCUT2D eigenvalue weighted by molar-refractivity contribution is 0.0950. The fourth-order valence-electron chi connectivity index (χ4n) is 3.44. The van der Waals surface area contributed by atoms with Crippen molar-refractivity contribution in [3.63, 3.8) is 0 Å². The molecule has 0 unspecified atom stereocenters. The van der Waals surface area contributed by atoms with Gasteiger partial charge >= 0.3 is 0 Å². The smallest absolute Gasteiger partial charge is 0.251 e. The summed E-state index contributed by atoms with van der Waals surface area (Å²) in [5, 5.41) is 14.8. The molecule has 25 heavy (non-hydrogen) atoms. The van der Waals surface area contributed by atoms with Gasteiger partial charge in [0.05, 0.1) is 23.6 Å². The zero-order valence-electron chi connectivity index (χ0n) is 14.5. The van der Waals surface area contributed by atoms with Crippen molar-refractivity contribution in [2.24, 2.45) is 0 Å². The Hall–Kier alpha value is -2.89. The molecule has 0 bridgehead atoms. The third-order valence-electron chi connectivity index (χ3n) is 4.69. The van der Waals surface area contributed by atoms with Gasteiger partial charge in [-0.05, 0) is 69.0 Å². The Balaban J connectivity index is 1.44. The zero-order chi connectivity index (χ0) is 17.4. The highest BCUT2D eigenvalue weighted by Crippen LogP contribution is 2.22. The number of fused-ring (bicyclic) bond motifs is 1. The Morgan fingerprint density at radius 3 is 2.76 bits per heavy atom. The van der Waals surface area contributed by atoms with Crippen LogP contribution in [0.1, 0.15) is 45.1 Å². The van der Waals surface area contributed by atoms with Crippen LogP contribution in [0.4, 0.5) is 0 Å². The first-order chi connectivity index (χ1) is 12.1. The predicted octanol–water partition coefficient (Wildman–Crippen LogP) is 2.63. The Morgan fingerprint density at radius 1 is 1.24 bits per heavy atom. The predicted molar refractivity (Wildman–Crippen MR) is 94.8 cm³/mol. The van der Waals surface area contributed by atoms with Crippen molar-refractivity contribution in [3.8, 4) is 5.69 Å². The molecule has 0 fully saturated rings. The van der Waals surface area contributed by atoms with Gasteiger partial charge in [-0.2, -0.15) is 10.2 Å².